The van der Waals surface area contributed by atoms with Gasteiger partial charge in [0.2, 0.25) is 0 Å². The van der Waals surface area contributed by atoms with E-state index in [1.54, 1.807) is 7.05 Å². The van der Waals surface area contributed by atoms with Gasteiger partial charge in [0.15, 0.2) is 0 Å². The molecule has 0 unspecified atom stereocenters. The van der Waals surface area contributed by atoms with Crippen LogP contribution in [0.2, 0.25) is 0 Å². The molecule has 0 heterocycles. The van der Waals surface area contributed by atoms with Gasteiger partial charge in [-0.15, -0.1) is 5.92 Å². The van der Waals surface area contributed by atoms with Crippen molar-refractivity contribution in [1.29, 1.82) is 0 Å². The quantitative estimate of drug-likeness (QED) is 0.420. The molecule has 1 saturated carbocycles. The lowest BCUT2D eigenvalue weighted by Crippen LogP contribution is -1.95. The summed E-state index contributed by atoms with van der Waals surface area (Å²) in [6.45, 7) is 1.86. The second-order valence-corrected chi connectivity index (χ2v) is 7.48. The van der Waals surface area contributed by atoms with Gasteiger partial charge in [-0.1, -0.05) is 60.0 Å². The molecule has 0 aliphatic heterocycles. The van der Waals surface area contributed by atoms with Gasteiger partial charge in [-0.2, -0.15) is 0 Å². The van der Waals surface area contributed by atoms with Gasteiger partial charge in [-0.25, -0.2) is 0 Å². The SMILES string of the molecule is [2H]C1(c2cc(C#CC)cc(-c3cccc(-c4cccc(C#[N+]C)c4)c3)c2)CCCC1. The maximum absolute atomic E-state index is 8.99. The van der Waals surface area contributed by atoms with Crippen LogP contribution >= 0.6 is 0 Å². The van der Waals surface area contributed by atoms with Crippen LogP contribution in [0.25, 0.3) is 27.1 Å². The van der Waals surface area contributed by atoms with E-state index in [0.29, 0.717) is 0 Å². The summed E-state index contributed by atoms with van der Waals surface area (Å²) >= 11 is 0. The van der Waals surface area contributed by atoms with E-state index in [0.717, 1.165) is 64.6 Å². The Labute approximate surface area is 175 Å². The summed E-state index contributed by atoms with van der Waals surface area (Å²) in [7, 11) is 1.74. The summed E-state index contributed by atoms with van der Waals surface area (Å²) in [5.41, 5.74) is 7.63. The van der Waals surface area contributed by atoms with Crippen molar-refractivity contribution in [3.05, 3.63) is 88.3 Å². The molecule has 1 aliphatic carbocycles. The molecule has 1 aliphatic rings. The maximum atomic E-state index is 8.99. The van der Waals surface area contributed by atoms with Crippen molar-refractivity contribution in [2.24, 2.45) is 0 Å². The number of benzene rings is 3. The van der Waals surface area contributed by atoms with E-state index in [1.807, 2.05) is 19.1 Å². The molecule has 0 atom stereocenters. The van der Waals surface area contributed by atoms with Gasteiger partial charge >= 0.3 is 6.07 Å². The summed E-state index contributed by atoms with van der Waals surface area (Å²) in [4.78, 5) is 4.01. The molecule has 0 amide bonds. The predicted molar refractivity (Wildman–Crippen MR) is 123 cm³/mol. The Bertz CT molecular complexity index is 1190. The minimum Gasteiger partial charge on any atom is -0.101 e. The van der Waals surface area contributed by atoms with Crippen molar-refractivity contribution in [2.75, 3.05) is 7.05 Å². The molecule has 1 heteroatoms. The Balaban J connectivity index is 1.79. The average molecular weight is 378 g/mol. The smallest absolute Gasteiger partial charge is 0.101 e. The van der Waals surface area contributed by atoms with Crippen molar-refractivity contribution in [3.8, 4) is 40.2 Å². The molecule has 142 valence electrons. The molecule has 1 nitrogen and oxygen atoms in total. The monoisotopic (exact) mass is 377 g/mol. The molecular formula is C28H26N+. The number of hydrogen-bond acceptors (Lipinski definition) is 0. The van der Waals surface area contributed by atoms with E-state index in [9.17, 15) is 0 Å². The first-order chi connectivity index (χ1) is 14.6. The van der Waals surface area contributed by atoms with Gasteiger partial charge in [-0.05, 0) is 83.8 Å². The van der Waals surface area contributed by atoms with Crippen molar-refractivity contribution in [2.45, 2.75) is 38.5 Å². The second-order valence-electron chi connectivity index (χ2n) is 7.48. The summed E-state index contributed by atoms with van der Waals surface area (Å²) in [5.74, 6) is 5.75. The Morgan fingerprint density at radius 1 is 0.828 bits per heavy atom. The van der Waals surface area contributed by atoms with Gasteiger partial charge in [0.1, 0.15) is 5.56 Å². The largest absolute Gasteiger partial charge is 0.310 e. The van der Waals surface area contributed by atoms with Crippen molar-refractivity contribution >= 4 is 0 Å². The molecule has 0 saturated heterocycles. The first-order valence-electron chi connectivity index (χ1n) is 10.8. The van der Waals surface area contributed by atoms with Gasteiger partial charge in [0, 0.05) is 6.93 Å². The molecule has 0 radical (unpaired) electrons. The minimum absolute atomic E-state index is 0.485. The zero-order valence-electron chi connectivity index (χ0n) is 18.1. The standard InChI is InChI=1S/C28H26N/c1-3-8-21-15-27(23-10-4-5-11-23)19-28(16-21)26-14-7-13-25(18-26)24-12-6-9-22(17-24)20-29-2/h6-7,9,12-19,23H,4-5,10-11H2,1-2H3/q+1/i23D. The van der Waals surface area contributed by atoms with Crippen LogP contribution in [0, 0.1) is 17.9 Å². The third-order valence-corrected chi connectivity index (χ3v) is 5.45. The topological polar surface area (TPSA) is 4.36 Å². The van der Waals surface area contributed by atoms with Crippen molar-refractivity contribution < 1.29 is 1.37 Å². The predicted octanol–water partition coefficient (Wildman–Crippen LogP) is 7.36. The average Bonchev–Trinajstić information content (AvgIpc) is 3.22. The third-order valence-electron chi connectivity index (χ3n) is 5.45. The van der Waals surface area contributed by atoms with Crippen LogP contribution in [0.5, 0.6) is 0 Å². The minimum atomic E-state index is -0.485. The fourth-order valence-corrected chi connectivity index (χ4v) is 4.08. The Kier molecular flexibility index (Phi) is 5.40. The maximum Gasteiger partial charge on any atom is 0.310 e. The molecule has 4 rings (SSSR count). The van der Waals surface area contributed by atoms with E-state index in [4.69, 9.17) is 1.37 Å². The first-order valence-corrected chi connectivity index (χ1v) is 10.3. The molecule has 1 fully saturated rings. The molecule has 0 N–H and O–H groups in total. The molecule has 0 spiro atoms. The number of hydrogen-bond donors (Lipinski definition) is 0. The molecule has 3 aromatic carbocycles. The summed E-state index contributed by atoms with van der Waals surface area (Å²) in [6.07, 6.45) is 4.12. The van der Waals surface area contributed by atoms with E-state index in [2.05, 4.69) is 77.4 Å². The first kappa shape index (κ1) is 17.8. The van der Waals surface area contributed by atoms with Crippen LogP contribution in [0.1, 0.15) is 56.6 Å². The molecular weight excluding hydrogens is 350 g/mol. The Morgan fingerprint density at radius 2 is 1.48 bits per heavy atom. The third kappa shape index (κ3) is 4.42. The molecule has 0 aromatic heterocycles. The summed E-state index contributed by atoms with van der Waals surface area (Å²) in [5, 5.41) is 0. The van der Waals surface area contributed by atoms with Crippen molar-refractivity contribution in [1.82, 2.24) is 0 Å². The van der Waals surface area contributed by atoms with Crippen LogP contribution in [0.4, 0.5) is 0 Å². The molecule has 0 bridgehead atoms. The van der Waals surface area contributed by atoms with Crippen LogP contribution in [0.3, 0.4) is 0 Å². The molecule has 3 aromatic rings. The summed E-state index contributed by atoms with van der Waals surface area (Å²) < 4.78 is 8.99. The van der Waals surface area contributed by atoms with Crippen LogP contribution in [-0.2, 0) is 0 Å². The van der Waals surface area contributed by atoms with Crippen LogP contribution in [0.15, 0.2) is 66.7 Å². The lowest BCUT2D eigenvalue weighted by molar-refractivity contribution is 0.723. The summed E-state index contributed by atoms with van der Waals surface area (Å²) in [6, 6.07) is 26.3. The lowest BCUT2D eigenvalue weighted by atomic mass is 9.91. The highest BCUT2D eigenvalue weighted by Gasteiger charge is 2.18. The fourth-order valence-electron chi connectivity index (χ4n) is 4.08. The van der Waals surface area contributed by atoms with Gasteiger partial charge in [0.25, 0.3) is 7.05 Å². The highest BCUT2D eigenvalue weighted by molar-refractivity contribution is 5.75. The zero-order valence-corrected chi connectivity index (χ0v) is 17.1. The lowest BCUT2D eigenvalue weighted by Gasteiger charge is -2.14. The van der Waals surface area contributed by atoms with E-state index in [-0.39, 0.29) is 0 Å². The normalized spacial score (nSPS) is 14.9. The van der Waals surface area contributed by atoms with Gasteiger partial charge in [0.05, 0.1) is 0 Å². The van der Waals surface area contributed by atoms with Crippen LogP contribution in [-0.4, -0.2) is 7.05 Å². The fraction of sp³-hybridized carbons (Fsp3) is 0.250. The highest BCUT2D eigenvalue weighted by Crippen LogP contribution is 2.37. The number of nitrogens with zero attached hydrogens (tertiary/aromatic N) is 1. The Hall–Kier alpha value is -3.29. The zero-order chi connectivity index (χ0) is 21.0. The molecule has 29 heavy (non-hydrogen) atoms. The van der Waals surface area contributed by atoms with Gasteiger partial charge in [-0.3, -0.25) is 0 Å². The van der Waals surface area contributed by atoms with Gasteiger partial charge < -0.3 is 0 Å². The van der Waals surface area contributed by atoms with E-state index >= 15 is 0 Å². The second kappa shape index (κ2) is 8.81. The van der Waals surface area contributed by atoms with E-state index in [1.165, 1.54) is 0 Å². The van der Waals surface area contributed by atoms with Crippen molar-refractivity contribution in [3.63, 3.8) is 0 Å². The Morgan fingerprint density at radius 3 is 2.21 bits per heavy atom. The van der Waals surface area contributed by atoms with E-state index < -0.39 is 5.89 Å². The highest BCUT2D eigenvalue weighted by atomic mass is 14.6. The van der Waals surface area contributed by atoms with Crippen LogP contribution < -0.4 is 0 Å². The number of rotatable bonds is 3.